The molecular weight excluding hydrogens is 1740 g/mol. The van der Waals surface area contributed by atoms with Crippen molar-refractivity contribution in [3.63, 3.8) is 0 Å². The smallest absolute Gasteiger partial charge is 2.00 e. The van der Waals surface area contributed by atoms with Gasteiger partial charge in [-0.3, -0.25) is 0 Å². The summed E-state index contributed by atoms with van der Waals surface area (Å²) in [6.45, 7) is 14.8. The van der Waals surface area contributed by atoms with Crippen molar-refractivity contribution in [3.8, 4) is 0 Å². The average molecular weight is 1810 g/mol. The Hall–Kier alpha value is 5.25. The number of rotatable bonds is 8. The van der Waals surface area contributed by atoms with Crippen molar-refractivity contribution in [2.75, 3.05) is 19.4 Å². The van der Waals surface area contributed by atoms with Gasteiger partial charge in [0.2, 0.25) is 0 Å². The molecule has 3 saturated carbocycles. The number of hydrogen-bond donors (Lipinski definition) is 1. The zero-order valence-electron chi connectivity index (χ0n) is 36.7. The summed E-state index contributed by atoms with van der Waals surface area (Å²) in [7, 11) is -1.98. The Morgan fingerprint density at radius 3 is 1.22 bits per heavy atom. The van der Waals surface area contributed by atoms with Crippen molar-refractivity contribution >= 4 is 211 Å². The quantitative estimate of drug-likeness (QED) is 0.105. The zero-order valence-corrected chi connectivity index (χ0v) is 60.6. The molecule has 0 atom stereocenters. The van der Waals surface area contributed by atoms with Gasteiger partial charge in [-0.05, 0) is 92.0 Å². The molecule has 0 amide bonds. The van der Waals surface area contributed by atoms with Crippen molar-refractivity contribution in [3.05, 3.63) is 87.8 Å². The van der Waals surface area contributed by atoms with Crippen molar-refractivity contribution in [1.82, 2.24) is 0 Å². The Bertz CT molecular complexity index is 1430. The van der Waals surface area contributed by atoms with Crippen LogP contribution >= 0.6 is 154 Å². The molecule has 3 aromatic rings. The summed E-state index contributed by atoms with van der Waals surface area (Å²) >= 11 is 21.3. The van der Waals surface area contributed by atoms with E-state index in [1.165, 1.54) is 118 Å². The van der Waals surface area contributed by atoms with Gasteiger partial charge in [0.15, 0.2) is 0 Å². The van der Waals surface area contributed by atoms with Crippen LogP contribution in [0.25, 0.3) is 0 Å². The van der Waals surface area contributed by atoms with Crippen LogP contribution < -0.4 is 31.4 Å². The van der Waals surface area contributed by atoms with Crippen LogP contribution in [0.4, 0.5) is 17.1 Å². The molecule has 0 radical (unpaired) electrons. The summed E-state index contributed by atoms with van der Waals surface area (Å²) in [6.07, 6.45) is 20.8. The molecule has 0 aromatic heterocycles. The summed E-state index contributed by atoms with van der Waals surface area (Å²) in [6, 6.07) is 31.3. The molecular formula is C43H67Br3I6MgN3Si2V2. The molecule has 0 saturated heterocycles. The van der Waals surface area contributed by atoms with E-state index in [1.807, 2.05) is 17.1 Å². The molecule has 0 spiro atoms. The molecule has 3 aliphatic carbocycles. The van der Waals surface area contributed by atoms with Crippen molar-refractivity contribution < 1.29 is 31.4 Å². The molecule has 0 aliphatic heterocycles. The molecule has 0 heterocycles. The average Bonchev–Trinajstić information content (AvgIpc) is 3.19. The number of halogens is 9. The number of benzene rings is 3. The second-order valence-corrected chi connectivity index (χ2v) is 75.3. The van der Waals surface area contributed by atoms with E-state index >= 15 is 0 Å². The van der Waals surface area contributed by atoms with Gasteiger partial charge in [-0.15, -0.1) is 12.1 Å². The fourth-order valence-electron chi connectivity index (χ4n) is 8.14. The maximum atomic E-state index is 3.59. The summed E-state index contributed by atoms with van der Waals surface area (Å²) in [5.41, 5.74) is 4.08. The Labute approximate surface area is 493 Å². The van der Waals surface area contributed by atoms with Gasteiger partial charge >= 0.3 is 137 Å². The van der Waals surface area contributed by atoms with Gasteiger partial charge in [0.1, 0.15) is 16.5 Å². The third-order valence-corrected chi connectivity index (χ3v) is 15.4. The predicted octanol–water partition coefficient (Wildman–Crippen LogP) is 16.2. The van der Waals surface area contributed by atoms with Crippen molar-refractivity contribution in [2.45, 2.75) is 154 Å². The molecule has 3 fully saturated rings. The van der Waals surface area contributed by atoms with Crippen LogP contribution in [0.5, 0.6) is 0 Å². The molecule has 0 bridgehead atoms. The van der Waals surface area contributed by atoms with Crippen LogP contribution in [-0.4, -0.2) is 62.6 Å². The molecule has 3 aliphatic rings. The Morgan fingerprint density at radius 1 is 0.583 bits per heavy atom. The Balaban J connectivity index is 0. The van der Waals surface area contributed by atoms with Crippen molar-refractivity contribution in [1.29, 1.82) is 0 Å². The van der Waals surface area contributed by atoms with E-state index in [1.54, 1.807) is 0 Å². The minimum Gasteiger partial charge on any atom is 2.00 e. The van der Waals surface area contributed by atoms with Gasteiger partial charge in [0.25, 0.3) is 0 Å². The number of hydrogen-bond acceptors (Lipinski definition) is 3. The maximum Gasteiger partial charge on any atom is 2.00 e. The normalized spacial score (nSPS) is 15.6. The number of anilines is 3. The fourth-order valence-corrected chi connectivity index (χ4v) is 13.2. The maximum absolute atomic E-state index is 3.59. The third-order valence-electron chi connectivity index (χ3n) is 10.2. The molecule has 6 rings (SSSR count). The Morgan fingerprint density at radius 2 is 0.883 bits per heavy atom. The SMILES string of the molecule is Brc1ccc(NC2CCCCC2)cc1.CI.C[Si](C)(C)N(c1cc[c-]cc1)C1CCCCC1.C[Si](C)(C)N(c1ccc(Br)cc1)C1CCCCC1.[Br-].[I][V]([I])[I].[I][V][I].[Mg+2]. The number of alkyl halides is 1. The van der Waals surface area contributed by atoms with Gasteiger partial charge in [-0.2, -0.15) is 18.2 Å². The van der Waals surface area contributed by atoms with E-state index in [0.717, 1.165) is 16.6 Å². The van der Waals surface area contributed by atoms with Crippen LogP contribution in [-0.2, 0) is 14.4 Å². The van der Waals surface area contributed by atoms with E-state index < -0.39 is 16.5 Å². The number of nitrogens with zero attached hydrogens (tertiary/aromatic N) is 2. The molecule has 60 heavy (non-hydrogen) atoms. The molecule has 337 valence electrons. The van der Waals surface area contributed by atoms with Crippen LogP contribution in [0.15, 0.2) is 81.7 Å². The van der Waals surface area contributed by atoms with Crippen LogP contribution in [0.1, 0.15) is 96.3 Å². The van der Waals surface area contributed by atoms with Gasteiger partial charge < -0.3 is 31.4 Å². The summed E-state index contributed by atoms with van der Waals surface area (Å²) in [5, 5.41) is 3.59. The Kier molecular flexibility index (Phi) is 44.8. The van der Waals surface area contributed by atoms with Crippen molar-refractivity contribution in [2.24, 2.45) is 0 Å². The van der Waals surface area contributed by atoms with E-state index in [-0.39, 0.29) is 45.0 Å². The summed E-state index contributed by atoms with van der Waals surface area (Å²) in [5.74, 6) is 0. The van der Waals surface area contributed by atoms with E-state index in [2.05, 4.69) is 275 Å². The fraction of sp³-hybridized carbons (Fsp3) is 0.581. The first-order valence-corrected chi connectivity index (χ1v) is 53.6. The molecule has 17 heteroatoms. The predicted molar refractivity (Wildman–Crippen MR) is 325 cm³/mol. The molecule has 1 N–H and O–H groups in total. The van der Waals surface area contributed by atoms with E-state index in [9.17, 15) is 0 Å². The van der Waals surface area contributed by atoms with Crippen LogP contribution in [0.3, 0.4) is 0 Å². The second kappa shape index (κ2) is 39.9. The standard InChI is InChI=1S/C15H24BrNSi.C15H24NSi.C12H16BrN.CH3I.BrH.5HI.Mg.2V/c1-18(2,3)17(14-7-5-4-6-8-14)15-11-9-13(16)10-12-15;1-17(2,3)16(14-10-6-4-7-11-14)15-12-8-5-9-13-15;13-10-6-8-12(9-7-10)14-11-4-2-1-3-5-11;1-2;;;;;;;;;/h9-12,14H,4-8H2,1-3H3;8-9,12-14H,4,6-7,10-11H2,1-3H3;6-9,11,14H,1-5H2;1H3;6*1H;;;/q;-1;;;;;;;;;2*+2;+3/p-6. The first-order chi connectivity index (χ1) is 27.6. The topological polar surface area (TPSA) is 18.5 Å². The largest absolute Gasteiger partial charge is 2.00 e. The van der Waals surface area contributed by atoms with Gasteiger partial charge in [-0.25, -0.2) is 0 Å². The minimum absolute atomic E-state index is 0. The minimum atomic E-state index is -1.31. The zero-order chi connectivity index (χ0) is 43.6. The monoisotopic (exact) mass is 1810 g/mol. The summed E-state index contributed by atoms with van der Waals surface area (Å²) in [4.78, 5) is 1.69. The molecule has 3 aromatic carbocycles. The molecule has 0 unspecified atom stereocenters. The van der Waals surface area contributed by atoms with Gasteiger partial charge in [0.05, 0.1) is 0 Å². The van der Waals surface area contributed by atoms with Crippen LogP contribution in [0, 0.1) is 6.07 Å². The first-order valence-electron chi connectivity index (χ1n) is 20.5. The van der Waals surface area contributed by atoms with E-state index in [4.69, 9.17) is 0 Å². The second-order valence-electron chi connectivity index (χ2n) is 16.6. The van der Waals surface area contributed by atoms with Gasteiger partial charge in [0, 0.05) is 38.4 Å². The summed E-state index contributed by atoms with van der Waals surface area (Å²) < 4.78 is 7.83. The van der Waals surface area contributed by atoms with Gasteiger partial charge in [-0.1, -0.05) is 157 Å². The van der Waals surface area contributed by atoms with Crippen LogP contribution in [0.2, 0.25) is 39.3 Å². The molecule has 3 nitrogen and oxygen atoms in total. The third kappa shape index (κ3) is 30.8. The number of nitrogens with one attached hydrogen (secondary N) is 1. The first kappa shape index (κ1) is 67.3. The van der Waals surface area contributed by atoms with E-state index in [0.29, 0.717) is 15.5 Å².